The lowest BCUT2D eigenvalue weighted by atomic mass is 10.1. The smallest absolute Gasteiger partial charge is 0.261 e. The molecule has 0 aliphatic rings. The van der Waals surface area contributed by atoms with Crippen molar-refractivity contribution in [1.82, 2.24) is 15.1 Å². The molecule has 5 heteroatoms. The minimum absolute atomic E-state index is 0.0367. The van der Waals surface area contributed by atoms with Crippen LogP contribution in [0.25, 0.3) is 10.2 Å². The molecule has 0 aromatic carbocycles. The van der Waals surface area contributed by atoms with Gasteiger partial charge in [-0.15, -0.1) is 11.3 Å². The Balaban J connectivity index is 2.02. The third-order valence-electron chi connectivity index (χ3n) is 3.54. The van der Waals surface area contributed by atoms with Gasteiger partial charge in [-0.1, -0.05) is 26.2 Å². The number of fused-ring (bicyclic) bond motifs is 1. The molecule has 110 valence electrons. The summed E-state index contributed by atoms with van der Waals surface area (Å²) in [6.45, 7) is 6.24. The van der Waals surface area contributed by atoms with Crippen LogP contribution in [0.3, 0.4) is 0 Å². The van der Waals surface area contributed by atoms with Crippen LogP contribution in [-0.4, -0.2) is 21.7 Å². The van der Waals surface area contributed by atoms with E-state index in [-0.39, 0.29) is 11.9 Å². The molecule has 4 nitrogen and oxygen atoms in total. The Morgan fingerprint density at radius 1 is 1.50 bits per heavy atom. The molecule has 0 fully saturated rings. The maximum Gasteiger partial charge on any atom is 0.261 e. The zero-order valence-electron chi connectivity index (χ0n) is 12.7. The Labute approximate surface area is 124 Å². The summed E-state index contributed by atoms with van der Waals surface area (Å²) in [5.41, 5.74) is 0.980. The van der Waals surface area contributed by atoms with Crippen LogP contribution in [0.5, 0.6) is 0 Å². The van der Waals surface area contributed by atoms with E-state index in [2.05, 4.69) is 24.3 Å². The highest BCUT2D eigenvalue weighted by molar-refractivity contribution is 7.20. The van der Waals surface area contributed by atoms with E-state index >= 15 is 0 Å². The molecule has 0 radical (unpaired) electrons. The van der Waals surface area contributed by atoms with Crippen LogP contribution in [0.1, 0.15) is 54.9 Å². The van der Waals surface area contributed by atoms with E-state index in [1.807, 2.05) is 24.7 Å². The van der Waals surface area contributed by atoms with Crippen molar-refractivity contribution in [2.45, 2.75) is 52.5 Å². The molecule has 0 spiro atoms. The second-order valence-electron chi connectivity index (χ2n) is 5.41. The van der Waals surface area contributed by atoms with Gasteiger partial charge in [0.25, 0.3) is 5.91 Å². The van der Waals surface area contributed by atoms with Gasteiger partial charge in [-0.3, -0.25) is 9.48 Å². The quantitative estimate of drug-likeness (QED) is 0.827. The fourth-order valence-corrected chi connectivity index (χ4v) is 3.41. The first-order chi connectivity index (χ1) is 9.52. The van der Waals surface area contributed by atoms with Crippen LogP contribution in [0.15, 0.2) is 6.07 Å². The average Bonchev–Trinajstić information content (AvgIpc) is 2.93. The molecule has 0 aliphatic carbocycles. The summed E-state index contributed by atoms with van der Waals surface area (Å²) < 4.78 is 1.84. The van der Waals surface area contributed by atoms with Crippen molar-refractivity contribution in [2.24, 2.45) is 7.05 Å². The standard InChI is InChI=1S/C15H23N3OS/c1-5-6-7-8-10(2)16-14(19)13-9-12-11(3)17-18(4)15(12)20-13/h9-10H,5-8H2,1-4H3,(H,16,19). The number of aryl methyl sites for hydroxylation is 2. The topological polar surface area (TPSA) is 46.9 Å². The van der Waals surface area contributed by atoms with E-state index < -0.39 is 0 Å². The van der Waals surface area contributed by atoms with Gasteiger partial charge in [-0.2, -0.15) is 5.10 Å². The number of unbranched alkanes of at least 4 members (excludes halogenated alkanes) is 2. The number of hydrogen-bond acceptors (Lipinski definition) is 3. The normalized spacial score (nSPS) is 12.8. The summed E-state index contributed by atoms with van der Waals surface area (Å²) in [5, 5.41) is 8.53. The zero-order chi connectivity index (χ0) is 14.7. The number of nitrogens with one attached hydrogen (secondary N) is 1. The van der Waals surface area contributed by atoms with Crippen molar-refractivity contribution in [3.8, 4) is 0 Å². The summed E-state index contributed by atoms with van der Waals surface area (Å²) in [4.78, 5) is 14.1. The number of amides is 1. The van der Waals surface area contributed by atoms with Gasteiger partial charge in [0.15, 0.2) is 0 Å². The predicted molar refractivity (Wildman–Crippen MR) is 84.4 cm³/mol. The number of carbonyl (C=O) groups excluding carboxylic acids is 1. The van der Waals surface area contributed by atoms with Gasteiger partial charge in [0.1, 0.15) is 4.83 Å². The molecule has 1 N–H and O–H groups in total. The lowest BCUT2D eigenvalue weighted by Crippen LogP contribution is -2.31. The average molecular weight is 293 g/mol. The third kappa shape index (κ3) is 3.20. The highest BCUT2D eigenvalue weighted by Crippen LogP contribution is 2.27. The Bertz CT molecular complexity index is 565. The molecule has 2 rings (SSSR count). The van der Waals surface area contributed by atoms with E-state index in [9.17, 15) is 4.79 Å². The minimum atomic E-state index is 0.0367. The van der Waals surface area contributed by atoms with E-state index in [1.165, 1.54) is 30.6 Å². The van der Waals surface area contributed by atoms with Crippen LogP contribution in [0, 0.1) is 6.92 Å². The number of nitrogens with zero attached hydrogens (tertiary/aromatic N) is 2. The molecule has 1 amide bonds. The fourth-order valence-electron chi connectivity index (χ4n) is 2.38. The number of hydrogen-bond donors (Lipinski definition) is 1. The summed E-state index contributed by atoms with van der Waals surface area (Å²) in [6, 6.07) is 2.19. The second-order valence-corrected chi connectivity index (χ2v) is 6.44. The first kappa shape index (κ1) is 15.0. The molecule has 1 unspecified atom stereocenters. The van der Waals surface area contributed by atoms with Gasteiger partial charge in [0.2, 0.25) is 0 Å². The highest BCUT2D eigenvalue weighted by atomic mass is 32.1. The maximum atomic E-state index is 12.2. The van der Waals surface area contributed by atoms with Crippen molar-refractivity contribution in [2.75, 3.05) is 0 Å². The molecular formula is C15H23N3OS. The molecule has 2 aromatic rings. The first-order valence-corrected chi connectivity index (χ1v) is 8.08. The van der Waals surface area contributed by atoms with Crippen molar-refractivity contribution < 1.29 is 4.79 Å². The lowest BCUT2D eigenvalue weighted by Gasteiger charge is -2.12. The molecule has 1 atom stereocenters. The number of rotatable bonds is 6. The molecular weight excluding hydrogens is 270 g/mol. The van der Waals surface area contributed by atoms with Crippen LogP contribution in [0.2, 0.25) is 0 Å². The Kier molecular flexibility index (Phi) is 4.81. The van der Waals surface area contributed by atoms with Crippen molar-refractivity contribution in [1.29, 1.82) is 0 Å². The van der Waals surface area contributed by atoms with Crippen LogP contribution < -0.4 is 5.32 Å². The minimum Gasteiger partial charge on any atom is -0.349 e. The molecule has 0 aliphatic heterocycles. The third-order valence-corrected chi connectivity index (χ3v) is 4.74. The molecule has 2 aromatic heterocycles. The number of aromatic nitrogens is 2. The van der Waals surface area contributed by atoms with Crippen LogP contribution in [-0.2, 0) is 7.05 Å². The van der Waals surface area contributed by atoms with Gasteiger partial charge >= 0.3 is 0 Å². The lowest BCUT2D eigenvalue weighted by molar-refractivity contribution is 0.0942. The number of carbonyl (C=O) groups is 1. The van der Waals surface area contributed by atoms with Gasteiger partial charge in [0, 0.05) is 18.5 Å². The van der Waals surface area contributed by atoms with Crippen molar-refractivity contribution in [3.05, 3.63) is 16.6 Å². The first-order valence-electron chi connectivity index (χ1n) is 7.27. The summed E-state index contributed by atoms with van der Waals surface area (Å²) in [5.74, 6) is 0.0367. The fraction of sp³-hybridized carbons (Fsp3) is 0.600. The monoisotopic (exact) mass is 293 g/mol. The summed E-state index contributed by atoms with van der Waals surface area (Å²) in [6.07, 6.45) is 4.66. The molecule has 0 bridgehead atoms. The Hall–Kier alpha value is -1.36. The SMILES string of the molecule is CCCCCC(C)NC(=O)c1cc2c(C)nn(C)c2s1. The number of thiophene rings is 1. The van der Waals surface area contributed by atoms with Crippen molar-refractivity contribution >= 4 is 27.5 Å². The van der Waals surface area contributed by atoms with E-state index in [4.69, 9.17) is 0 Å². The summed E-state index contributed by atoms with van der Waals surface area (Å²) in [7, 11) is 1.92. The summed E-state index contributed by atoms with van der Waals surface area (Å²) >= 11 is 1.51. The van der Waals surface area contributed by atoms with Gasteiger partial charge in [0.05, 0.1) is 10.6 Å². The predicted octanol–water partition coefficient (Wildman–Crippen LogP) is 3.64. The largest absolute Gasteiger partial charge is 0.349 e. The molecule has 2 heterocycles. The Morgan fingerprint density at radius 2 is 2.25 bits per heavy atom. The van der Waals surface area contributed by atoms with E-state index in [0.29, 0.717) is 0 Å². The molecule has 0 saturated carbocycles. The van der Waals surface area contributed by atoms with E-state index in [1.54, 1.807) is 0 Å². The van der Waals surface area contributed by atoms with E-state index in [0.717, 1.165) is 27.2 Å². The van der Waals surface area contributed by atoms with Crippen LogP contribution >= 0.6 is 11.3 Å². The zero-order valence-corrected chi connectivity index (χ0v) is 13.5. The van der Waals surface area contributed by atoms with Gasteiger partial charge < -0.3 is 5.32 Å². The highest BCUT2D eigenvalue weighted by Gasteiger charge is 2.16. The molecule has 0 saturated heterocycles. The molecule has 20 heavy (non-hydrogen) atoms. The maximum absolute atomic E-state index is 12.2. The van der Waals surface area contributed by atoms with Gasteiger partial charge in [-0.05, 0) is 26.3 Å². The second kappa shape index (κ2) is 6.39. The van der Waals surface area contributed by atoms with Crippen molar-refractivity contribution in [3.63, 3.8) is 0 Å². The Morgan fingerprint density at radius 3 is 2.90 bits per heavy atom. The van der Waals surface area contributed by atoms with Crippen LogP contribution in [0.4, 0.5) is 0 Å². The van der Waals surface area contributed by atoms with Gasteiger partial charge in [-0.25, -0.2) is 0 Å².